The molecule has 0 saturated heterocycles. The monoisotopic (exact) mass is 345 g/mol. The highest BCUT2D eigenvalue weighted by Crippen LogP contribution is 2.22. The molecule has 0 aliphatic heterocycles. The van der Waals surface area contributed by atoms with E-state index in [1.165, 1.54) is 19.3 Å². The van der Waals surface area contributed by atoms with E-state index in [-0.39, 0.29) is 24.4 Å². The van der Waals surface area contributed by atoms with Crippen LogP contribution >= 0.6 is 0 Å². The SMILES string of the molecule is Cc1ccc(NC(=O)CN(C)[C@H](C)C(=O)N(C)C2CCCCC2)cc1. The van der Waals surface area contributed by atoms with Crippen molar-refractivity contribution in [3.05, 3.63) is 29.8 Å². The molecule has 1 N–H and O–H groups in total. The molecule has 1 aromatic rings. The molecule has 1 saturated carbocycles. The Morgan fingerprint density at radius 1 is 1.12 bits per heavy atom. The van der Waals surface area contributed by atoms with Crippen molar-refractivity contribution in [2.75, 3.05) is 26.0 Å². The number of aryl methyl sites for hydroxylation is 1. The first-order chi connectivity index (χ1) is 11.9. The lowest BCUT2D eigenvalue weighted by Crippen LogP contribution is -2.49. The fourth-order valence-electron chi connectivity index (χ4n) is 3.33. The minimum atomic E-state index is -0.310. The number of likely N-dealkylation sites (N-methyl/N-ethyl adjacent to an activating group) is 2. The van der Waals surface area contributed by atoms with Crippen LogP contribution in [0.4, 0.5) is 5.69 Å². The number of rotatable bonds is 6. The summed E-state index contributed by atoms with van der Waals surface area (Å²) in [7, 11) is 3.72. The van der Waals surface area contributed by atoms with E-state index in [1.54, 1.807) is 0 Å². The van der Waals surface area contributed by atoms with Crippen LogP contribution in [0.1, 0.15) is 44.6 Å². The average Bonchev–Trinajstić information content (AvgIpc) is 2.62. The Kier molecular flexibility index (Phi) is 7.00. The number of amides is 2. The van der Waals surface area contributed by atoms with Crippen LogP contribution in [-0.4, -0.2) is 54.3 Å². The van der Waals surface area contributed by atoms with E-state index in [0.29, 0.717) is 6.04 Å². The van der Waals surface area contributed by atoms with Crippen molar-refractivity contribution in [1.82, 2.24) is 9.80 Å². The highest BCUT2D eigenvalue weighted by atomic mass is 16.2. The Balaban J connectivity index is 1.85. The van der Waals surface area contributed by atoms with E-state index >= 15 is 0 Å². The van der Waals surface area contributed by atoms with Crippen molar-refractivity contribution < 1.29 is 9.59 Å². The van der Waals surface area contributed by atoms with Crippen molar-refractivity contribution in [3.8, 4) is 0 Å². The molecule has 1 aromatic carbocycles. The molecule has 1 fully saturated rings. The molecule has 0 heterocycles. The molecule has 138 valence electrons. The first-order valence-electron chi connectivity index (χ1n) is 9.22. The molecule has 0 spiro atoms. The summed E-state index contributed by atoms with van der Waals surface area (Å²) < 4.78 is 0. The summed E-state index contributed by atoms with van der Waals surface area (Å²) in [6.45, 7) is 4.08. The zero-order valence-corrected chi connectivity index (χ0v) is 15.9. The molecule has 1 aliphatic carbocycles. The van der Waals surface area contributed by atoms with Gasteiger partial charge in [0.1, 0.15) is 0 Å². The van der Waals surface area contributed by atoms with Gasteiger partial charge in [0.25, 0.3) is 0 Å². The Labute approximate surface area is 151 Å². The average molecular weight is 345 g/mol. The third-order valence-electron chi connectivity index (χ3n) is 5.22. The maximum atomic E-state index is 12.7. The molecule has 0 aromatic heterocycles. The van der Waals surface area contributed by atoms with Gasteiger partial charge in [-0.15, -0.1) is 0 Å². The highest BCUT2D eigenvalue weighted by molar-refractivity contribution is 5.92. The number of nitrogens with one attached hydrogen (secondary N) is 1. The summed E-state index contributed by atoms with van der Waals surface area (Å²) in [6, 6.07) is 7.74. The van der Waals surface area contributed by atoms with Gasteiger partial charge in [-0.2, -0.15) is 0 Å². The van der Waals surface area contributed by atoms with Gasteiger partial charge in [-0.3, -0.25) is 14.5 Å². The van der Waals surface area contributed by atoms with Gasteiger partial charge in [0.2, 0.25) is 11.8 Å². The molecular formula is C20H31N3O2. The topological polar surface area (TPSA) is 52.7 Å². The maximum absolute atomic E-state index is 12.7. The lowest BCUT2D eigenvalue weighted by molar-refractivity contribution is -0.137. The van der Waals surface area contributed by atoms with Gasteiger partial charge in [0, 0.05) is 18.8 Å². The summed E-state index contributed by atoms with van der Waals surface area (Å²) in [5, 5.41) is 2.88. The van der Waals surface area contributed by atoms with Crippen LogP contribution < -0.4 is 5.32 Å². The van der Waals surface area contributed by atoms with Crippen LogP contribution in [-0.2, 0) is 9.59 Å². The van der Waals surface area contributed by atoms with Crippen molar-refractivity contribution in [1.29, 1.82) is 0 Å². The highest BCUT2D eigenvalue weighted by Gasteiger charge is 2.28. The smallest absolute Gasteiger partial charge is 0.239 e. The van der Waals surface area contributed by atoms with Crippen molar-refractivity contribution >= 4 is 17.5 Å². The van der Waals surface area contributed by atoms with Crippen LogP contribution in [0.2, 0.25) is 0 Å². The zero-order valence-electron chi connectivity index (χ0n) is 15.9. The molecule has 2 amide bonds. The molecule has 5 nitrogen and oxygen atoms in total. The summed E-state index contributed by atoms with van der Waals surface area (Å²) in [5.74, 6) is -0.0103. The van der Waals surface area contributed by atoms with Gasteiger partial charge >= 0.3 is 0 Å². The summed E-state index contributed by atoms with van der Waals surface area (Å²) in [5.41, 5.74) is 1.93. The fourth-order valence-corrected chi connectivity index (χ4v) is 3.33. The quantitative estimate of drug-likeness (QED) is 0.862. The van der Waals surface area contributed by atoms with Crippen molar-refractivity contribution in [3.63, 3.8) is 0 Å². The van der Waals surface area contributed by atoms with Crippen LogP contribution in [0.15, 0.2) is 24.3 Å². The van der Waals surface area contributed by atoms with Crippen molar-refractivity contribution in [2.45, 2.75) is 58.0 Å². The molecule has 5 heteroatoms. The molecule has 1 atom stereocenters. The van der Waals surface area contributed by atoms with Crippen LogP contribution in [0.3, 0.4) is 0 Å². The Bertz CT molecular complexity index is 579. The zero-order chi connectivity index (χ0) is 18.4. The summed E-state index contributed by atoms with van der Waals surface area (Å²) in [6.07, 6.45) is 5.85. The largest absolute Gasteiger partial charge is 0.341 e. The van der Waals surface area contributed by atoms with Gasteiger partial charge in [-0.05, 0) is 45.9 Å². The number of benzene rings is 1. The van der Waals surface area contributed by atoms with E-state index in [2.05, 4.69) is 5.32 Å². The fraction of sp³-hybridized carbons (Fsp3) is 0.600. The van der Waals surface area contributed by atoms with Gasteiger partial charge in [0.05, 0.1) is 12.6 Å². The third kappa shape index (κ3) is 5.56. The van der Waals surface area contributed by atoms with E-state index in [1.807, 2.05) is 62.0 Å². The third-order valence-corrected chi connectivity index (χ3v) is 5.22. The standard InChI is InChI=1S/C20H31N3O2/c1-15-10-12-17(13-11-15)21-19(24)14-22(3)16(2)20(25)23(4)18-8-6-5-7-9-18/h10-13,16,18H,5-9,14H2,1-4H3,(H,21,24)/t16-/m1/s1. The van der Waals surface area contributed by atoms with Gasteiger partial charge in [0.15, 0.2) is 0 Å². The predicted molar refractivity (Wildman–Crippen MR) is 102 cm³/mol. The van der Waals surface area contributed by atoms with Crippen LogP contribution in [0.25, 0.3) is 0 Å². The predicted octanol–water partition coefficient (Wildman–Crippen LogP) is 3.04. The Morgan fingerprint density at radius 2 is 1.72 bits per heavy atom. The van der Waals surface area contributed by atoms with Gasteiger partial charge in [-0.25, -0.2) is 0 Å². The number of nitrogens with zero attached hydrogens (tertiary/aromatic N) is 2. The number of hydrogen-bond acceptors (Lipinski definition) is 3. The van der Waals surface area contributed by atoms with Gasteiger partial charge in [-0.1, -0.05) is 37.0 Å². The van der Waals surface area contributed by atoms with Crippen LogP contribution in [0.5, 0.6) is 0 Å². The van der Waals surface area contributed by atoms with E-state index in [4.69, 9.17) is 0 Å². The second-order valence-corrected chi connectivity index (χ2v) is 7.25. The first kappa shape index (κ1) is 19.4. The molecule has 1 aliphatic rings. The molecule has 0 radical (unpaired) electrons. The van der Waals surface area contributed by atoms with E-state index in [0.717, 1.165) is 24.1 Å². The summed E-state index contributed by atoms with van der Waals surface area (Å²) >= 11 is 0. The van der Waals surface area contributed by atoms with Crippen LogP contribution in [0, 0.1) is 6.92 Å². The van der Waals surface area contributed by atoms with Gasteiger partial charge < -0.3 is 10.2 Å². The Morgan fingerprint density at radius 3 is 2.32 bits per heavy atom. The normalized spacial score (nSPS) is 16.5. The lowest BCUT2D eigenvalue weighted by atomic mass is 9.94. The molecule has 0 bridgehead atoms. The van der Waals surface area contributed by atoms with E-state index in [9.17, 15) is 9.59 Å². The number of anilines is 1. The molecule has 2 rings (SSSR count). The minimum absolute atomic E-state index is 0.0949. The molecular weight excluding hydrogens is 314 g/mol. The number of carbonyl (C=O) groups is 2. The van der Waals surface area contributed by atoms with Crippen molar-refractivity contribution in [2.24, 2.45) is 0 Å². The molecule has 0 unspecified atom stereocenters. The number of hydrogen-bond donors (Lipinski definition) is 1. The minimum Gasteiger partial charge on any atom is -0.341 e. The second kappa shape index (κ2) is 8.99. The summed E-state index contributed by atoms with van der Waals surface area (Å²) in [4.78, 5) is 28.6. The second-order valence-electron chi connectivity index (χ2n) is 7.25. The first-order valence-corrected chi connectivity index (χ1v) is 9.22. The maximum Gasteiger partial charge on any atom is 0.239 e. The Hall–Kier alpha value is -1.88. The lowest BCUT2D eigenvalue weighted by Gasteiger charge is -2.35. The molecule has 25 heavy (non-hydrogen) atoms. The van der Waals surface area contributed by atoms with E-state index < -0.39 is 0 Å². The number of carbonyl (C=O) groups excluding carboxylic acids is 2.